The highest BCUT2D eigenvalue weighted by Crippen LogP contribution is 2.35. The summed E-state index contributed by atoms with van der Waals surface area (Å²) in [5, 5.41) is 13.8. The molecule has 1 aromatic carbocycles. The molecule has 1 aromatic heterocycles. The average molecular weight is 305 g/mol. The monoisotopic (exact) mass is 305 g/mol. The van der Waals surface area contributed by atoms with Crippen LogP contribution in [0.1, 0.15) is 6.92 Å². The third-order valence-electron chi connectivity index (χ3n) is 2.39. The number of nitro groups is 1. The Bertz CT molecular complexity index is 690. The number of rotatable bonds is 4. The Morgan fingerprint density at radius 2 is 2.00 bits per heavy atom. The van der Waals surface area contributed by atoms with E-state index in [1.54, 1.807) is 24.3 Å². The van der Waals surface area contributed by atoms with E-state index in [9.17, 15) is 14.9 Å². The molecule has 0 atom stereocenters. The Hall–Kier alpha value is -2.68. The molecule has 0 aliphatic rings. The smallest absolute Gasteiger partial charge is 0.343 e. The minimum absolute atomic E-state index is 0.166. The normalized spacial score (nSPS) is 10.1. The van der Waals surface area contributed by atoms with Gasteiger partial charge >= 0.3 is 5.69 Å². The van der Waals surface area contributed by atoms with Gasteiger partial charge in [-0.25, -0.2) is 9.97 Å². The maximum Gasteiger partial charge on any atom is 0.343 e. The molecule has 0 aliphatic heterocycles. The summed E-state index contributed by atoms with van der Waals surface area (Å²) in [7, 11) is 0. The summed E-state index contributed by atoms with van der Waals surface area (Å²) < 4.78 is 0. The van der Waals surface area contributed by atoms with Gasteiger partial charge in [0.2, 0.25) is 11.7 Å². The highest BCUT2D eigenvalue weighted by molar-refractivity contribution is 7.99. The SMILES string of the molecule is CC(=O)Nc1ccc(Sc2ncnc(N)c2[N+](=O)[O-])cc1. The van der Waals surface area contributed by atoms with Crippen LogP contribution < -0.4 is 11.1 Å². The number of benzene rings is 1. The van der Waals surface area contributed by atoms with Crippen LogP contribution in [0.15, 0.2) is 40.5 Å². The van der Waals surface area contributed by atoms with Gasteiger partial charge in [0, 0.05) is 17.5 Å². The number of nitrogen functional groups attached to an aromatic ring is 1. The molecule has 8 nitrogen and oxygen atoms in total. The molecule has 0 radical (unpaired) electrons. The van der Waals surface area contributed by atoms with Crippen LogP contribution in [0.3, 0.4) is 0 Å². The van der Waals surface area contributed by atoms with Crippen LogP contribution in [0.5, 0.6) is 0 Å². The molecule has 0 saturated carbocycles. The van der Waals surface area contributed by atoms with E-state index in [-0.39, 0.29) is 22.4 Å². The van der Waals surface area contributed by atoms with Crippen molar-refractivity contribution >= 4 is 34.9 Å². The third kappa shape index (κ3) is 3.66. The fraction of sp³-hybridized carbons (Fsp3) is 0.0833. The van der Waals surface area contributed by atoms with Crippen molar-refractivity contribution in [2.45, 2.75) is 16.8 Å². The molecular weight excluding hydrogens is 294 g/mol. The van der Waals surface area contributed by atoms with Gasteiger partial charge in [-0.3, -0.25) is 14.9 Å². The molecule has 0 spiro atoms. The lowest BCUT2D eigenvalue weighted by Gasteiger charge is -2.05. The number of hydrogen-bond acceptors (Lipinski definition) is 7. The molecule has 2 aromatic rings. The molecule has 0 bridgehead atoms. The molecule has 108 valence electrons. The van der Waals surface area contributed by atoms with E-state index in [4.69, 9.17) is 5.73 Å². The van der Waals surface area contributed by atoms with Crippen LogP contribution in [0.25, 0.3) is 0 Å². The van der Waals surface area contributed by atoms with Gasteiger partial charge in [-0.05, 0) is 24.3 Å². The maximum absolute atomic E-state index is 11.0. The zero-order valence-corrected chi connectivity index (χ0v) is 11.8. The van der Waals surface area contributed by atoms with Gasteiger partial charge in [-0.2, -0.15) is 0 Å². The molecule has 3 N–H and O–H groups in total. The Morgan fingerprint density at radius 3 is 2.57 bits per heavy atom. The number of nitrogens with one attached hydrogen (secondary N) is 1. The Labute approximate surface area is 123 Å². The van der Waals surface area contributed by atoms with Gasteiger partial charge in [0.15, 0.2) is 5.03 Å². The Morgan fingerprint density at radius 1 is 1.33 bits per heavy atom. The van der Waals surface area contributed by atoms with Crippen molar-refractivity contribution in [3.8, 4) is 0 Å². The van der Waals surface area contributed by atoms with Crippen LogP contribution >= 0.6 is 11.8 Å². The van der Waals surface area contributed by atoms with Crippen molar-refractivity contribution < 1.29 is 9.72 Å². The van der Waals surface area contributed by atoms with Crippen LogP contribution in [0, 0.1) is 10.1 Å². The number of aromatic nitrogens is 2. The zero-order chi connectivity index (χ0) is 15.4. The highest BCUT2D eigenvalue weighted by atomic mass is 32.2. The first-order valence-corrected chi connectivity index (χ1v) is 6.59. The zero-order valence-electron chi connectivity index (χ0n) is 10.9. The molecule has 1 amide bonds. The fourth-order valence-corrected chi connectivity index (χ4v) is 2.41. The number of nitrogens with zero attached hydrogens (tertiary/aromatic N) is 3. The van der Waals surface area contributed by atoms with Crippen molar-refractivity contribution in [3.05, 3.63) is 40.7 Å². The summed E-state index contributed by atoms with van der Waals surface area (Å²) in [6, 6.07) is 6.83. The lowest BCUT2D eigenvalue weighted by atomic mass is 10.3. The number of carbonyl (C=O) groups excluding carboxylic acids is 1. The summed E-state index contributed by atoms with van der Waals surface area (Å²) >= 11 is 1.10. The number of anilines is 2. The highest BCUT2D eigenvalue weighted by Gasteiger charge is 2.21. The summed E-state index contributed by atoms with van der Waals surface area (Å²) in [5.74, 6) is -0.345. The van der Waals surface area contributed by atoms with Gasteiger partial charge in [0.05, 0.1) is 4.92 Å². The lowest BCUT2D eigenvalue weighted by molar-refractivity contribution is -0.387. The number of amides is 1. The second-order valence-corrected chi connectivity index (χ2v) is 5.04. The summed E-state index contributed by atoms with van der Waals surface area (Å²) in [4.78, 5) is 29.5. The van der Waals surface area contributed by atoms with E-state index in [2.05, 4.69) is 15.3 Å². The Kier molecular flexibility index (Phi) is 4.33. The van der Waals surface area contributed by atoms with Gasteiger partial charge < -0.3 is 11.1 Å². The van der Waals surface area contributed by atoms with Crippen molar-refractivity contribution in [3.63, 3.8) is 0 Å². The van der Waals surface area contributed by atoms with Crippen molar-refractivity contribution in [2.75, 3.05) is 11.1 Å². The predicted molar refractivity (Wildman–Crippen MR) is 78.0 cm³/mol. The van der Waals surface area contributed by atoms with Crippen molar-refractivity contribution in [1.29, 1.82) is 0 Å². The minimum atomic E-state index is -0.608. The summed E-state index contributed by atoms with van der Waals surface area (Å²) in [6.45, 7) is 1.41. The van der Waals surface area contributed by atoms with Crippen LogP contribution in [0.2, 0.25) is 0 Å². The number of hydrogen-bond donors (Lipinski definition) is 2. The molecule has 0 unspecified atom stereocenters. The maximum atomic E-state index is 11.0. The average Bonchev–Trinajstić information content (AvgIpc) is 2.40. The van der Waals surface area contributed by atoms with Gasteiger partial charge in [0.25, 0.3) is 0 Å². The van der Waals surface area contributed by atoms with Crippen LogP contribution in [-0.2, 0) is 4.79 Å². The second kappa shape index (κ2) is 6.18. The van der Waals surface area contributed by atoms with Gasteiger partial charge in [-0.15, -0.1) is 0 Å². The van der Waals surface area contributed by atoms with Crippen LogP contribution in [0.4, 0.5) is 17.2 Å². The number of carbonyl (C=O) groups is 1. The molecule has 9 heteroatoms. The topological polar surface area (TPSA) is 124 Å². The second-order valence-electron chi connectivity index (χ2n) is 3.98. The third-order valence-corrected chi connectivity index (χ3v) is 3.39. The molecule has 2 rings (SSSR count). The molecule has 21 heavy (non-hydrogen) atoms. The predicted octanol–water partition coefficient (Wildman–Crippen LogP) is 2.08. The van der Waals surface area contributed by atoms with Crippen LogP contribution in [-0.4, -0.2) is 20.8 Å². The van der Waals surface area contributed by atoms with E-state index >= 15 is 0 Å². The first-order valence-electron chi connectivity index (χ1n) is 5.77. The summed E-state index contributed by atoms with van der Waals surface area (Å²) in [5.41, 5.74) is 5.83. The first-order chi connectivity index (χ1) is 9.97. The van der Waals surface area contributed by atoms with E-state index in [0.717, 1.165) is 16.7 Å². The van der Waals surface area contributed by atoms with Crippen molar-refractivity contribution in [1.82, 2.24) is 9.97 Å². The largest absolute Gasteiger partial charge is 0.378 e. The van der Waals surface area contributed by atoms with Crippen molar-refractivity contribution in [2.24, 2.45) is 0 Å². The quantitative estimate of drug-likeness (QED) is 0.503. The lowest BCUT2D eigenvalue weighted by Crippen LogP contribution is -2.05. The minimum Gasteiger partial charge on any atom is -0.378 e. The molecule has 0 saturated heterocycles. The van der Waals surface area contributed by atoms with E-state index in [1.165, 1.54) is 13.3 Å². The molecule has 0 fully saturated rings. The Balaban J connectivity index is 2.24. The standard InChI is InChI=1S/C12H11N5O3S/c1-7(18)16-8-2-4-9(5-3-8)21-12-10(17(19)20)11(13)14-6-15-12/h2-6H,1H3,(H,16,18)(H2,13,14,15). The molecule has 0 aliphatic carbocycles. The van der Waals surface area contributed by atoms with Gasteiger partial charge in [0.1, 0.15) is 6.33 Å². The van der Waals surface area contributed by atoms with E-state index in [0.29, 0.717) is 5.69 Å². The first kappa shape index (κ1) is 14.7. The van der Waals surface area contributed by atoms with E-state index < -0.39 is 4.92 Å². The summed E-state index contributed by atoms with van der Waals surface area (Å²) in [6.07, 6.45) is 1.18. The fourth-order valence-electron chi connectivity index (χ4n) is 1.54. The van der Waals surface area contributed by atoms with Gasteiger partial charge in [-0.1, -0.05) is 11.8 Å². The molecular formula is C12H11N5O3S. The molecule has 1 heterocycles. The number of nitrogens with two attached hydrogens (primary N) is 1. The van der Waals surface area contributed by atoms with E-state index in [1.807, 2.05) is 0 Å².